The Morgan fingerprint density at radius 2 is 1.71 bits per heavy atom. The number of thioether (sulfide) groups is 1. The van der Waals surface area contributed by atoms with Crippen LogP contribution in [-0.4, -0.2) is 89.1 Å². The summed E-state index contributed by atoms with van der Waals surface area (Å²) in [5.74, 6) is -4.34. The maximum Gasteiger partial charge on any atom is 0.254 e. The normalized spacial score (nSPS) is 25.6. The van der Waals surface area contributed by atoms with Crippen LogP contribution >= 0.6 is 23.4 Å². The molecule has 2 aromatic carbocycles. The zero-order chi connectivity index (χ0) is 35.8. The van der Waals surface area contributed by atoms with E-state index in [1.807, 2.05) is 6.26 Å². The minimum atomic E-state index is -1.13. The highest BCUT2D eigenvalue weighted by Crippen LogP contribution is 2.24. The summed E-state index contributed by atoms with van der Waals surface area (Å²) in [5.41, 5.74) is 0.392. The molecular weight excluding hydrogens is 675 g/mol. The molecule has 49 heavy (non-hydrogen) atoms. The zero-order valence-corrected chi connectivity index (χ0v) is 29.3. The van der Waals surface area contributed by atoms with E-state index in [0.717, 1.165) is 6.07 Å². The van der Waals surface area contributed by atoms with Gasteiger partial charge in [-0.05, 0) is 61.5 Å². The SMILES string of the molecule is CSCC[C@@H]1NC(=O)C[C@@H](c2ccccc2)NC(=O)[C@H](C)NC(=O)[C@@H]2C[C@H](NC(=O)c3ccc(Cl)cc3F)CN2C(=O)[C@H](C(C)C)NC1=O. The minimum absolute atomic E-state index is 0.0370. The Bertz CT molecular complexity index is 1560. The summed E-state index contributed by atoms with van der Waals surface area (Å²) in [6.45, 7) is 4.83. The quantitative estimate of drug-likeness (QED) is 0.294. The zero-order valence-electron chi connectivity index (χ0n) is 27.8. The number of hydrogen-bond acceptors (Lipinski definition) is 7. The van der Waals surface area contributed by atoms with Crippen molar-refractivity contribution in [2.45, 2.75) is 76.3 Å². The molecule has 2 aliphatic rings. The third kappa shape index (κ3) is 9.72. The molecule has 0 bridgehead atoms. The first-order valence-corrected chi connectivity index (χ1v) is 17.9. The number of rotatable bonds is 7. The highest BCUT2D eigenvalue weighted by Gasteiger charge is 2.44. The summed E-state index contributed by atoms with van der Waals surface area (Å²) in [5, 5.41) is 13.9. The average molecular weight is 717 g/mol. The van der Waals surface area contributed by atoms with Crippen molar-refractivity contribution in [2.24, 2.45) is 5.92 Å². The predicted octanol–water partition coefficient (Wildman–Crippen LogP) is 2.32. The van der Waals surface area contributed by atoms with Gasteiger partial charge < -0.3 is 31.5 Å². The van der Waals surface area contributed by atoms with Gasteiger partial charge in [0.25, 0.3) is 5.91 Å². The Labute approximate surface area is 294 Å². The van der Waals surface area contributed by atoms with Gasteiger partial charge in [0.1, 0.15) is 30.0 Å². The molecule has 15 heteroatoms. The molecule has 0 spiro atoms. The number of amides is 6. The Morgan fingerprint density at radius 3 is 2.37 bits per heavy atom. The van der Waals surface area contributed by atoms with Crippen LogP contribution in [0.5, 0.6) is 0 Å². The van der Waals surface area contributed by atoms with Gasteiger partial charge in [0.05, 0.1) is 18.0 Å². The lowest BCUT2D eigenvalue weighted by molar-refractivity contribution is -0.143. The lowest BCUT2D eigenvalue weighted by atomic mass is 10.0. The van der Waals surface area contributed by atoms with Crippen LogP contribution in [0.2, 0.25) is 5.02 Å². The second kappa shape index (κ2) is 17.0. The molecule has 0 saturated carbocycles. The van der Waals surface area contributed by atoms with Crippen LogP contribution in [-0.2, 0) is 24.0 Å². The minimum Gasteiger partial charge on any atom is -0.347 e. The van der Waals surface area contributed by atoms with Crippen molar-refractivity contribution in [3.63, 3.8) is 0 Å². The van der Waals surface area contributed by atoms with Crippen LogP contribution in [0.4, 0.5) is 4.39 Å². The van der Waals surface area contributed by atoms with Gasteiger partial charge in [0.2, 0.25) is 29.5 Å². The first-order valence-electron chi connectivity index (χ1n) is 16.1. The van der Waals surface area contributed by atoms with E-state index < -0.39 is 83.4 Å². The largest absolute Gasteiger partial charge is 0.347 e. The Balaban J connectivity index is 1.68. The summed E-state index contributed by atoms with van der Waals surface area (Å²) in [6, 6.07) is 6.66. The Kier molecular flexibility index (Phi) is 13.0. The second-order valence-electron chi connectivity index (χ2n) is 12.6. The van der Waals surface area contributed by atoms with Crippen molar-refractivity contribution < 1.29 is 33.2 Å². The molecule has 2 aliphatic heterocycles. The molecule has 2 fully saturated rings. The van der Waals surface area contributed by atoms with Crippen molar-refractivity contribution in [3.05, 3.63) is 70.5 Å². The fourth-order valence-electron chi connectivity index (χ4n) is 5.87. The van der Waals surface area contributed by atoms with E-state index in [1.165, 1.54) is 35.7 Å². The molecule has 0 aromatic heterocycles. The molecule has 264 valence electrons. The standard InChI is InChI=1S/C34H42ClFN6O6S/c1-18(2)29-34(48)42-17-22(38-31(45)23-11-10-21(35)14-24(23)36)15-27(42)33(47)37-19(3)30(44)40-26(20-8-6-5-7-9-20)16-28(43)39-25(12-13-49-4)32(46)41-29/h5-11,14,18-19,22,25-27,29H,12-13,15-17H2,1-4H3,(H,37,47)(H,38,45)(H,39,43)(H,40,44)(H,41,46)/t19-,22-,25-,26-,27-,29-/m0/s1. The summed E-state index contributed by atoms with van der Waals surface area (Å²) in [6.07, 6.45) is 1.93. The van der Waals surface area contributed by atoms with Crippen molar-refractivity contribution in [2.75, 3.05) is 18.6 Å². The molecule has 6 atom stereocenters. The van der Waals surface area contributed by atoms with Gasteiger partial charge in [0, 0.05) is 17.6 Å². The van der Waals surface area contributed by atoms with Crippen molar-refractivity contribution >= 4 is 58.8 Å². The van der Waals surface area contributed by atoms with Crippen molar-refractivity contribution in [1.29, 1.82) is 0 Å². The number of halogens is 2. The van der Waals surface area contributed by atoms with Gasteiger partial charge >= 0.3 is 0 Å². The number of hydrogen-bond donors (Lipinski definition) is 5. The van der Waals surface area contributed by atoms with E-state index in [0.29, 0.717) is 11.3 Å². The highest BCUT2D eigenvalue weighted by molar-refractivity contribution is 7.98. The van der Waals surface area contributed by atoms with Crippen molar-refractivity contribution in [1.82, 2.24) is 31.5 Å². The molecule has 0 aliphatic carbocycles. The molecule has 0 radical (unpaired) electrons. The summed E-state index contributed by atoms with van der Waals surface area (Å²) in [4.78, 5) is 82.7. The number of benzene rings is 2. The fraction of sp³-hybridized carbons (Fsp3) is 0.471. The van der Waals surface area contributed by atoms with Gasteiger partial charge in [-0.25, -0.2) is 4.39 Å². The van der Waals surface area contributed by atoms with E-state index in [-0.39, 0.29) is 36.4 Å². The van der Waals surface area contributed by atoms with Gasteiger partial charge in [-0.2, -0.15) is 11.8 Å². The number of nitrogens with zero attached hydrogens (tertiary/aromatic N) is 1. The molecular formula is C34H42ClFN6O6S. The predicted molar refractivity (Wildman–Crippen MR) is 184 cm³/mol. The number of carbonyl (C=O) groups is 6. The molecule has 5 N–H and O–H groups in total. The van der Waals surface area contributed by atoms with Crippen LogP contribution in [0.25, 0.3) is 0 Å². The summed E-state index contributed by atoms with van der Waals surface area (Å²) >= 11 is 7.33. The van der Waals surface area contributed by atoms with E-state index in [1.54, 1.807) is 44.2 Å². The maximum absolute atomic E-state index is 14.5. The van der Waals surface area contributed by atoms with E-state index >= 15 is 0 Å². The van der Waals surface area contributed by atoms with Crippen LogP contribution < -0.4 is 26.6 Å². The number of carbonyl (C=O) groups excluding carboxylic acids is 6. The maximum atomic E-state index is 14.5. The van der Waals surface area contributed by atoms with E-state index in [2.05, 4.69) is 26.6 Å². The Morgan fingerprint density at radius 1 is 1.00 bits per heavy atom. The Hall–Kier alpha value is -4.17. The van der Waals surface area contributed by atoms with Gasteiger partial charge in [-0.15, -0.1) is 0 Å². The van der Waals surface area contributed by atoms with E-state index in [9.17, 15) is 33.2 Å². The summed E-state index contributed by atoms with van der Waals surface area (Å²) < 4.78 is 14.5. The second-order valence-corrected chi connectivity index (χ2v) is 14.0. The number of fused-ring (bicyclic) bond motifs is 1. The van der Waals surface area contributed by atoms with Crippen LogP contribution in [0, 0.1) is 11.7 Å². The highest BCUT2D eigenvalue weighted by atomic mass is 35.5. The van der Waals surface area contributed by atoms with Crippen LogP contribution in [0.3, 0.4) is 0 Å². The smallest absolute Gasteiger partial charge is 0.254 e. The van der Waals surface area contributed by atoms with Gasteiger partial charge in [-0.1, -0.05) is 55.8 Å². The van der Waals surface area contributed by atoms with Crippen molar-refractivity contribution in [3.8, 4) is 0 Å². The third-order valence-electron chi connectivity index (χ3n) is 8.55. The van der Waals surface area contributed by atoms with Gasteiger partial charge in [-0.3, -0.25) is 28.8 Å². The molecule has 4 rings (SSSR count). The number of nitrogens with one attached hydrogen (secondary N) is 5. The topological polar surface area (TPSA) is 166 Å². The first-order chi connectivity index (χ1) is 23.3. The van der Waals surface area contributed by atoms with E-state index in [4.69, 9.17) is 11.6 Å². The average Bonchev–Trinajstić information content (AvgIpc) is 3.48. The fourth-order valence-corrected chi connectivity index (χ4v) is 6.50. The monoisotopic (exact) mass is 716 g/mol. The third-order valence-corrected chi connectivity index (χ3v) is 9.43. The van der Waals surface area contributed by atoms with Gasteiger partial charge in [0.15, 0.2) is 0 Å². The first kappa shape index (κ1) is 37.6. The summed E-state index contributed by atoms with van der Waals surface area (Å²) in [7, 11) is 0. The molecule has 12 nitrogen and oxygen atoms in total. The van der Waals surface area contributed by atoms with Crippen LogP contribution in [0.15, 0.2) is 48.5 Å². The molecule has 2 heterocycles. The lowest BCUT2D eigenvalue weighted by Crippen LogP contribution is -2.59. The molecule has 0 unspecified atom stereocenters. The molecule has 2 aromatic rings. The molecule has 2 saturated heterocycles. The molecule has 6 amide bonds. The lowest BCUT2D eigenvalue weighted by Gasteiger charge is -2.32. The van der Waals surface area contributed by atoms with Crippen LogP contribution in [0.1, 0.15) is 62.0 Å².